The number of rotatable bonds is 20. The van der Waals surface area contributed by atoms with Crippen molar-refractivity contribution in [2.24, 2.45) is 0 Å². The van der Waals surface area contributed by atoms with E-state index in [4.69, 9.17) is 18.9 Å². The van der Waals surface area contributed by atoms with Crippen LogP contribution in [0.4, 0.5) is 0 Å². The number of ether oxygens (including phenoxy) is 4. The molecule has 1 aliphatic rings. The van der Waals surface area contributed by atoms with Gasteiger partial charge in [-0.2, -0.15) is 0 Å². The maximum absolute atomic E-state index is 12.9. The van der Waals surface area contributed by atoms with Gasteiger partial charge in [-0.3, -0.25) is 4.79 Å². The number of benzene rings is 3. The molecule has 5 atom stereocenters. The van der Waals surface area contributed by atoms with E-state index in [-0.39, 0.29) is 12.5 Å². The van der Waals surface area contributed by atoms with Crippen molar-refractivity contribution < 1.29 is 28.8 Å². The molecule has 4 rings (SSSR count). The summed E-state index contributed by atoms with van der Waals surface area (Å²) in [4.78, 5) is 12.9. The van der Waals surface area contributed by atoms with Gasteiger partial charge in [-0.1, -0.05) is 130 Å². The van der Waals surface area contributed by atoms with Crippen molar-refractivity contribution in [3.63, 3.8) is 0 Å². The SMILES string of the molecule is CCCCCCCCNC(=O)CC[C@H]1O[C@H](CO)[C@@H](OCc2ccccc2)[C@H](OCc2ccccc2)[C@@H]1OCc1ccccc1. The zero-order chi connectivity index (χ0) is 31.5. The molecule has 0 aliphatic carbocycles. The van der Waals surface area contributed by atoms with Gasteiger partial charge >= 0.3 is 0 Å². The topological polar surface area (TPSA) is 86.3 Å². The number of aliphatic hydroxyl groups is 1. The summed E-state index contributed by atoms with van der Waals surface area (Å²) in [5.74, 6) is -0.00118. The quantitative estimate of drug-likeness (QED) is 0.136. The Bertz CT molecular complexity index is 1190. The Balaban J connectivity index is 1.48. The number of hydrogen-bond acceptors (Lipinski definition) is 6. The van der Waals surface area contributed by atoms with Gasteiger partial charge in [0.05, 0.1) is 32.5 Å². The van der Waals surface area contributed by atoms with Crippen LogP contribution in [-0.2, 0) is 43.6 Å². The summed E-state index contributed by atoms with van der Waals surface area (Å²) in [7, 11) is 0. The lowest BCUT2D eigenvalue weighted by Gasteiger charge is -2.46. The Morgan fingerprint density at radius 1 is 0.667 bits per heavy atom. The van der Waals surface area contributed by atoms with E-state index in [0.717, 1.165) is 29.5 Å². The monoisotopic (exact) mass is 617 g/mol. The Kier molecular flexibility index (Phi) is 15.6. The largest absolute Gasteiger partial charge is 0.394 e. The molecule has 0 unspecified atom stereocenters. The van der Waals surface area contributed by atoms with Crippen LogP contribution < -0.4 is 5.32 Å². The second kappa shape index (κ2) is 20.1. The zero-order valence-corrected chi connectivity index (χ0v) is 26.7. The summed E-state index contributed by atoms with van der Waals surface area (Å²) < 4.78 is 26.2. The number of aliphatic hydroxyl groups excluding tert-OH is 1. The predicted molar refractivity (Wildman–Crippen MR) is 176 cm³/mol. The van der Waals surface area contributed by atoms with Gasteiger partial charge in [0.2, 0.25) is 5.91 Å². The predicted octanol–water partition coefficient (Wildman–Crippen LogP) is 6.76. The van der Waals surface area contributed by atoms with Gasteiger partial charge in [-0.15, -0.1) is 0 Å². The summed E-state index contributed by atoms with van der Waals surface area (Å²) >= 11 is 0. The minimum atomic E-state index is -0.637. The molecular formula is C38H51NO6. The van der Waals surface area contributed by atoms with Gasteiger partial charge in [-0.25, -0.2) is 0 Å². The molecule has 1 aliphatic heterocycles. The first-order valence-corrected chi connectivity index (χ1v) is 16.7. The Labute approximate surface area is 269 Å². The maximum Gasteiger partial charge on any atom is 0.220 e. The molecule has 2 N–H and O–H groups in total. The number of carbonyl (C=O) groups excluding carboxylic acids is 1. The summed E-state index contributed by atoms with van der Waals surface area (Å²) in [6, 6.07) is 29.9. The van der Waals surface area contributed by atoms with Crippen molar-refractivity contribution >= 4 is 5.91 Å². The van der Waals surface area contributed by atoms with Crippen LogP contribution in [0.25, 0.3) is 0 Å². The first kappa shape index (κ1) is 34.8. The van der Waals surface area contributed by atoms with E-state index in [2.05, 4.69) is 12.2 Å². The Morgan fingerprint density at radius 3 is 1.64 bits per heavy atom. The highest BCUT2D eigenvalue weighted by molar-refractivity contribution is 5.75. The van der Waals surface area contributed by atoms with Crippen LogP contribution in [0.15, 0.2) is 91.0 Å². The Hall–Kier alpha value is -3.07. The van der Waals surface area contributed by atoms with Gasteiger partial charge in [0.15, 0.2) is 0 Å². The highest BCUT2D eigenvalue weighted by atomic mass is 16.6. The molecule has 7 heteroatoms. The molecule has 1 heterocycles. The van der Waals surface area contributed by atoms with Crippen LogP contribution in [0.2, 0.25) is 0 Å². The highest BCUT2D eigenvalue weighted by Gasteiger charge is 2.48. The van der Waals surface area contributed by atoms with Crippen molar-refractivity contribution in [2.75, 3.05) is 13.2 Å². The van der Waals surface area contributed by atoms with Gasteiger partial charge in [0, 0.05) is 13.0 Å². The van der Waals surface area contributed by atoms with E-state index in [1.54, 1.807) is 0 Å². The van der Waals surface area contributed by atoms with Crippen molar-refractivity contribution in [2.45, 2.75) is 109 Å². The minimum Gasteiger partial charge on any atom is -0.394 e. The van der Waals surface area contributed by atoms with Crippen LogP contribution in [0.5, 0.6) is 0 Å². The van der Waals surface area contributed by atoms with E-state index in [9.17, 15) is 9.90 Å². The summed E-state index contributed by atoms with van der Waals surface area (Å²) in [5, 5.41) is 13.6. The number of unbranched alkanes of at least 4 members (excludes halogenated alkanes) is 5. The molecule has 7 nitrogen and oxygen atoms in total. The zero-order valence-electron chi connectivity index (χ0n) is 26.7. The second-order valence-electron chi connectivity index (χ2n) is 11.8. The molecule has 3 aromatic carbocycles. The maximum atomic E-state index is 12.9. The fourth-order valence-corrected chi connectivity index (χ4v) is 5.76. The first-order valence-electron chi connectivity index (χ1n) is 16.7. The lowest BCUT2D eigenvalue weighted by molar-refractivity contribution is -0.270. The molecule has 3 aromatic rings. The summed E-state index contributed by atoms with van der Waals surface area (Å²) in [5.41, 5.74) is 3.07. The van der Waals surface area contributed by atoms with Gasteiger partial charge in [-0.05, 0) is 29.5 Å². The highest BCUT2D eigenvalue weighted by Crippen LogP contribution is 2.32. The average Bonchev–Trinajstić information content (AvgIpc) is 3.09. The average molecular weight is 618 g/mol. The molecule has 0 bridgehead atoms. The van der Waals surface area contributed by atoms with E-state index >= 15 is 0 Å². The number of amides is 1. The lowest BCUT2D eigenvalue weighted by Crippen LogP contribution is -2.61. The number of hydrogen-bond donors (Lipinski definition) is 2. The normalized spacial score (nSPS) is 21.4. The van der Waals surface area contributed by atoms with E-state index in [1.165, 1.54) is 25.7 Å². The molecule has 0 aromatic heterocycles. The number of carbonyl (C=O) groups is 1. The van der Waals surface area contributed by atoms with Crippen LogP contribution in [0, 0.1) is 0 Å². The lowest BCUT2D eigenvalue weighted by atomic mass is 9.91. The molecule has 0 radical (unpaired) electrons. The molecule has 45 heavy (non-hydrogen) atoms. The third-order valence-corrected chi connectivity index (χ3v) is 8.27. The van der Waals surface area contributed by atoms with E-state index < -0.39 is 30.5 Å². The first-order chi connectivity index (χ1) is 22.2. The van der Waals surface area contributed by atoms with Crippen LogP contribution in [-0.4, -0.2) is 54.7 Å². The van der Waals surface area contributed by atoms with Crippen LogP contribution in [0.3, 0.4) is 0 Å². The number of nitrogens with one attached hydrogen (secondary N) is 1. The standard InChI is InChI=1S/C38H51NO6/c1-2-3-4-5-6-16-25-39-35(41)24-23-33-36(42-27-30-17-10-7-11-18-30)38(44-29-32-21-14-9-15-22-32)37(34(26-40)45-33)43-28-31-19-12-8-13-20-31/h7-15,17-22,33-34,36-38,40H,2-6,16,23-29H2,1H3,(H,39,41)/t33-,34-,36-,37-,38-/m1/s1. The molecule has 1 amide bonds. The third-order valence-electron chi connectivity index (χ3n) is 8.27. The molecular weight excluding hydrogens is 566 g/mol. The van der Waals surface area contributed by atoms with Gasteiger partial charge in [0.1, 0.15) is 24.4 Å². The van der Waals surface area contributed by atoms with Gasteiger partial charge in [0.25, 0.3) is 0 Å². The van der Waals surface area contributed by atoms with Crippen molar-refractivity contribution in [3.05, 3.63) is 108 Å². The van der Waals surface area contributed by atoms with Crippen molar-refractivity contribution in [3.8, 4) is 0 Å². The Morgan fingerprint density at radius 2 is 1.13 bits per heavy atom. The smallest absolute Gasteiger partial charge is 0.220 e. The van der Waals surface area contributed by atoms with Gasteiger partial charge < -0.3 is 29.4 Å². The molecule has 0 saturated carbocycles. The fraction of sp³-hybridized carbons (Fsp3) is 0.500. The molecule has 0 spiro atoms. The van der Waals surface area contributed by atoms with E-state index in [1.807, 2.05) is 91.0 Å². The second-order valence-corrected chi connectivity index (χ2v) is 11.8. The van der Waals surface area contributed by atoms with Crippen LogP contribution >= 0.6 is 0 Å². The molecule has 244 valence electrons. The molecule has 1 fully saturated rings. The summed E-state index contributed by atoms with van der Waals surface area (Å²) in [6.07, 6.45) is 5.05. The fourth-order valence-electron chi connectivity index (χ4n) is 5.76. The summed E-state index contributed by atoms with van der Waals surface area (Å²) in [6.45, 7) is 3.71. The third kappa shape index (κ3) is 12.0. The van der Waals surface area contributed by atoms with Crippen molar-refractivity contribution in [1.82, 2.24) is 5.32 Å². The van der Waals surface area contributed by atoms with Crippen LogP contribution in [0.1, 0.15) is 75.0 Å². The van der Waals surface area contributed by atoms with E-state index in [0.29, 0.717) is 39.2 Å². The molecule has 1 saturated heterocycles. The van der Waals surface area contributed by atoms with Crippen molar-refractivity contribution in [1.29, 1.82) is 0 Å². The minimum absolute atomic E-state index is 0.00118.